The zero-order valence-corrected chi connectivity index (χ0v) is 19.0. The largest absolute Gasteiger partial charge is 0.465 e. The highest BCUT2D eigenvalue weighted by Crippen LogP contribution is 2.36. The van der Waals surface area contributed by atoms with Crippen molar-refractivity contribution in [2.45, 2.75) is 6.92 Å². The Morgan fingerprint density at radius 3 is 2.50 bits per heavy atom. The van der Waals surface area contributed by atoms with Gasteiger partial charge in [-0.2, -0.15) is 0 Å². The van der Waals surface area contributed by atoms with Crippen molar-refractivity contribution in [3.05, 3.63) is 65.2 Å². The topological polar surface area (TPSA) is 74.8 Å². The van der Waals surface area contributed by atoms with Gasteiger partial charge < -0.3 is 15.0 Å². The van der Waals surface area contributed by atoms with Gasteiger partial charge in [-0.25, -0.2) is 9.78 Å². The highest BCUT2D eigenvalue weighted by atomic mass is 32.1. The van der Waals surface area contributed by atoms with Crippen LogP contribution in [0.1, 0.15) is 15.9 Å². The number of carbonyl (C=O) groups is 2. The Hall–Kier alpha value is -3.23. The second-order valence-electron chi connectivity index (χ2n) is 7.71. The molecule has 3 heterocycles. The molecule has 166 valence electrons. The molecule has 0 atom stereocenters. The first kappa shape index (κ1) is 22.0. The lowest BCUT2D eigenvalue weighted by molar-refractivity contribution is -0.117. The maximum atomic E-state index is 12.8. The molecule has 2 aromatic heterocycles. The van der Waals surface area contributed by atoms with E-state index >= 15 is 0 Å². The van der Waals surface area contributed by atoms with Crippen molar-refractivity contribution >= 4 is 34.0 Å². The molecule has 7 nitrogen and oxygen atoms in total. The van der Waals surface area contributed by atoms with E-state index in [0.29, 0.717) is 10.6 Å². The summed E-state index contributed by atoms with van der Waals surface area (Å²) >= 11 is 1.34. The van der Waals surface area contributed by atoms with Crippen LogP contribution in [0.3, 0.4) is 0 Å². The van der Waals surface area contributed by atoms with E-state index < -0.39 is 5.97 Å². The molecule has 0 unspecified atom stereocenters. The van der Waals surface area contributed by atoms with Crippen molar-refractivity contribution in [2.75, 3.05) is 50.1 Å². The predicted octanol–water partition coefficient (Wildman–Crippen LogP) is 3.67. The van der Waals surface area contributed by atoms with Crippen LogP contribution in [0.2, 0.25) is 0 Å². The molecular formula is C24H26N4O3S. The lowest BCUT2D eigenvalue weighted by atomic mass is 10.0. The van der Waals surface area contributed by atoms with E-state index in [9.17, 15) is 9.59 Å². The molecule has 32 heavy (non-hydrogen) atoms. The Labute approximate surface area is 191 Å². The maximum absolute atomic E-state index is 12.8. The lowest BCUT2D eigenvalue weighted by Crippen LogP contribution is -2.48. The number of anilines is 2. The number of pyridine rings is 1. The second kappa shape index (κ2) is 9.93. The first-order valence-corrected chi connectivity index (χ1v) is 11.4. The summed E-state index contributed by atoms with van der Waals surface area (Å²) in [6, 6.07) is 13.8. The first-order valence-electron chi connectivity index (χ1n) is 10.5. The van der Waals surface area contributed by atoms with Gasteiger partial charge in [-0.3, -0.25) is 9.69 Å². The average Bonchev–Trinajstić information content (AvgIpc) is 3.23. The van der Waals surface area contributed by atoms with Crippen molar-refractivity contribution < 1.29 is 14.3 Å². The molecule has 4 rings (SSSR count). The summed E-state index contributed by atoms with van der Waals surface area (Å²) < 4.78 is 5.00. The third kappa shape index (κ3) is 4.98. The Morgan fingerprint density at radius 2 is 1.84 bits per heavy atom. The summed E-state index contributed by atoms with van der Waals surface area (Å²) in [5.41, 5.74) is 3.22. The number of carbonyl (C=O) groups excluding carboxylic acids is 2. The van der Waals surface area contributed by atoms with Crippen LogP contribution in [0.5, 0.6) is 0 Å². The molecule has 0 saturated carbocycles. The van der Waals surface area contributed by atoms with Crippen LogP contribution in [0.15, 0.2) is 54.0 Å². The molecule has 1 aliphatic heterocycles. The van der Waals surface area contributed by atoms with E-state index in [1.165, 1.54) is 18.4 Å². The molecule has 1 aromatic carbocycles. The molecule has 1 saturated heterocycles. The number of ether oxygens (including phenoxy) is 1. The quantitative estimate of drug-likeness (QED) is 0.578. The van der Waals surface area contributed by atoms with E-state index in [4.69, 9.17) is 4.74 Å². The van der Waals surface area contributed by atoms with Gasteiger partial charge in [-0.05, 0) is 24.6 Å². The molecule has 0 aliphatic carbocycles. The number of amides is 1. The number of esters is 1. The fourth-order valence-corrected chi connectivity index (χ4v) is 4.72. The van der Waals surface area contributed by atoms with Crippen LogP contribution in [0.4, 0.5) is 10.8 Å². The van der Waals surface area contributed by atoms with Crippen molar-refractivity contribution in [2.24, 2.45) is 0 Å². The fourth-order valence-electron chi connectivity index (χ4n) is 3.75. The molecule has 8 heteroatoms. The number of hydrogen-bond acceptors (Lipinski definition) is 7. The number of methoxy groups -OCH3 is 1. The normalized spacial score (nSPS) is 14.2. The number of thiophene rings is 1. The standard InChI is InChI=1S/C24H26N4O3S/c1-17-6-8-18(9-7-17)19-16-32-23(22(19)24(30)31-2)26-21(29)15-27-11-13-28(14-12-27)20-5-3-4-10-25-20/h3-10,16H,11-15H2,1-2H3,(H,26,29). The van der Waals surface area contributed by atoms with Gasteiger partial charge in [0.05, 0.1) is 13.7 Å². The first-order chi connectivity index (χ1) is 15.5. The summed E-state index contributed by atoms with van der Waals surface area (Å²) in [6.07, 6.45) is 1.79. The Kier molecular flexibility index (Phi) is 6.82. The van der Waals surface area contributed by atoms with Gasteiger partial charge in [0.2, 0.25) is 5.91 Å². The molecule has 1 N–H and O–H groups in total. The zero-order chi connectivity index (χ0) is 22.5. The Bertz CT molecular complexity index is 1070. The minimum Gasteiger partial charge on any atom is -0.465 e. The molecule has 1 fully saturated rings. The number of aryl methyl sites for hydroxylation is 1. The summed E-state index contributed by atoms with van der Waals surface area (Å²) in [5.74, 6) is 0.362. The number of piperazine rings is 1. The van der Waals surface area contributed by atoms with Gasteiger partial charge >= 0.3 is 5.97 Å². The molecular weight excluding hydrogens is 424 g/mol. The third-order valence-corrected chi connectivity index (χ3v) is 6.40. The molecule has 0 spiro atoms. The molecule has 0 bridgehead atoms. The van der Waals surface area contributed by atoms with Crippen LogP contribution in [0, 0.1) is 6.92 Å². The van der Waals surface area contributed by atoms with E-state index in [-0.39, 0.29) is 12.5 Å². The number of nitrogens with one attached hydrogen (secondary N) is 1. The van der Waals surface area contributed by atoms with Crippen molar-refractivity contribution in [3.8, 4) is 11.1 Å². The van der Waals surface area contributed by atoms with Crippen LogP contribution in [-0.2, 0) is 9.53 Å². The molecule has 3 aromatic rings. The van der Waals surface area contributed by atoms with Crippen LogP contribution < -0.4 is 10.2 Å². The SMILES string of the molecule is COC(=O)c1c(-c2ccc(C)cc2)csc1NC(=O)CN1CCN(c2ccccn2)CC1. The van der Waals surface area contributed by atoms with Gasteiger partial charge in [-0.15, -0.1) is 11.3 Å². The monoisotopic (exact) mass is 450 g/mol. The van der Waals surface area contributed by atoms with E-state index in [1.807, 2.05) is 54.8 Å². The van der Waals surface area contributed by atoms with Crippen molar-refractivity contribution in [3.63, 3.8) is 0 Å². The minimum absolute atomic E-state index is 0.140. The Balaban J connectivity index is 1.41. The fraction of sp³-hybridized carbons (Fsp3) is 0.292. The van der Waals surface area contributed by atoms with Gasteiger partial charge in [0.1, 0.15) is 16.4 Å². The van der Waals surface area contributed by atoms with Crippen LogP contribution >= 0.6 is 11.3 Å². The van der Waals surface area contributed by atoms with E-state index in [2.05, 4.69) is 20.1 Å². The van der Waals surface area contributed by atoms with Crippen molar-refractivity contribution in [1.82, 2.24) is 9.88 Å². The van der Waals surface area contributed by atoms with Gasteiger partial charge in [-0.1, -0.05) is 35.9 Å². The van der Waals surface area contributed by atoms with Gasteiger partial charge in [0.25, 0.3) is 0 Å². The average molecular weight is 451 g/mol. The number of rotatable bonds is 6. The lowest BCUT2D eigenvalue weighted by Gasteiger charge is -2.34. The van der Waals surface area contributed by atoms with Crippen molar-refractivity contribution in [1.29, 1.82) is 0 Å². The number of aromatic nitrogens is 1. The minimum atomic E-state index is -0.457. The summed E-state index contributed by atoms with van der Waals surface area (Å²) in [5, 5.41) is 5.33. The maximum Gasteiger partial charge on any atom is 0.341 e. The predicted molar refractivity (Wildman–Crippen MR) is 127 cm³/mol. The van der Waals surface area contributed by atoms with Crippen LogP contribution in [-0.4, -0.2) is 61.6 Å². The van der Waals surface area contributed by atoms with E-state index in [0.717, 1.165) is 48.7 Å². The summed E-state index contributed by atoms with van der Waals surface area (Å²) in [6.45, 7) is 5.46. The summed E-state index contributed by atoms with van der Waals surface area (Å²) in [7, 11) is 1.35. The third-order valence-electron chi connectivity index (χ3n) is 5.51. The number of hydrogen-bond donors (Lipinski definition) is 1. The Morgan fingerprint density at radius 1 is 1.09 bits per heavy atom. The van der Waals surface area contributed by atoms with Gasteiger partial charge in [0, 0.05) is 43.3 Å². The highest BCUT2D eigenvalue weighted by Gasteiger charge is 2.24. The summed E-state index contributed by atoms with van der Waals surface area (Å²) in [4.78, 5) is 34.0. The second-order valence-corrected chi connectivity index (χ2v) is 8.59. The van der Waals surface area contributed by atoms with E-state index in [1.54, 1.807) is 6.20 Å². The highest BCUT2D eigenvalue weighted by molar-refractivity contribution is 7.15. The number of benzene rings is 1. The molecule has 1 amide bonds. The number of nitrogens with zero attached hydrogens (tertiary/aromatic N) is 3. The smallest absolute Gasteiger partial charge is 0.341 e. The van der Waals surface area contributed by atoms with Gasteiger partial charge in [0.15, 0.2) is 0 Å². The molecule has 0 radical (unpaired) electrons. The zero-order valence-electron chi connectivity index (χ0n) is 18.2. The molecule has 1 aliphatic rings. The van der Waals surface area contributed by atoms with Crippen LogP contribution in [0.25, 0.3) is 11.1 Å².